The van der Waals surface area contributed by atoms with Gasteiger partial charge in [-0.05, 0) is 18.2 Å². The van der Waals surface area contributed by atoms with Gasteiger partial charge in [0.2, 0.25) is 5.95 Å². The van der Waals surface area contributed by atoms with Crippen LogP contribution in [-0.2, 0) is 0 Å². The molecule has 1 aliphatic rings. The summed E-state index contributed by atoms with van der Waals surface area (Å²) in [7, 11) is 1.79. The van der Waals surface area contributed by atoms with E-state index in [-0.39, 0.29) is 0 Å². The van der Waals surface area contributed by atoms with Crippen LogP contribution in [0.25, 0.3) is 22.5 Å². The van der Waals surface area contributed by atoms with Crippen molar-refractivity contribution in [2.75, 3.05) is 43.4 Å². The lowest BCUT2D eigenvalue weighted by atomic mass is 10.1. The summed E-state index contributed by atoms with van der Waals surface area (Å²) in [6, 6.07) is 6.02. The summed E-state index contributed by atoms with van der Waals surface area (Å²) in [4.78, 5) is 18.8. The Balaban J connectivity index is 1.67. The Morgan fingerprint density at radius 1 is 1.11 bits per heavy atom. The number of nitrogens with zero attached hydrogens (tertiary/aromatic N) is 4. The minimum Gasteiger partial charge on any atom is -0.357 e. The lowest BCUT2D eigenvalue weighted by Crippen LogP contribution is -2.44. The topological polar surface area (TPSA) is 81.8 Å². The van der Waals surface area contributed by atoms with E-state index in [1.54, 1.807) is 25.6 Å². The first-order valence-corrected chi connectivity index (χ1v) is 8.90. The minimum absolute atomic E-state index is 0.582. The Bertz CT molecular complexity index is 963. The van der Waals surface area contributed by atoms with Gasteiger partial charge >= 0.3 is 0 Å². The van der Waals surface area contributed by atoms with Crippen LogP contribution in [-0.4, -0.2) is 53.2 Å². The normalized spacial score (nSPS) is 14.0. The Morgan fingerprint density at radius 3 is 2.59 bits per heavy atom. The molecule has 0 unspecified atom stereocenters. The van der Waals surface area contributed by atoms with Crippen molar-refractivity contribution in [3.05, 3.63) is 42.4 Å². The van der Waals surface area contributed by atoms with E-state index in [2.05, 4.69) is 41.4 Å². The maximum atomic E-state index is 5.75. The van der Waals surface area contributed by atoms with E-state index >= 15 is 0 Å². The number of aromatic nitrogens is 4. The highest BCUT2D eigenvalue weighted by molar-refractivity contribution is 5.73. The monoisotopic (exact) mass is 359 g/mol. The van der Waals surface area contributed by atoms with E-state index in [1.807, 2.05) is 18.2 Å². The molecule has 1 fully saturated rings. The second-order valence-corrected chi connectivity index (χ2v) is 6.30. The third-order valence-corrected chi connectivity index (χ3v) is 4.63. The van der Waals surface area contributed by atoms with Gasteiger partial charge in [-0.1, -0.05) is 5.92 Å². The number of aromatic amines is 1. The highest BCUT2D eigenvalue weighted by Gasteiger charge is 2.17. The SMILES string of the molecule is C#Cc1cc(-c2ccnc(-c3cnc(NC)nc3)c2)[nH]c1N1CCNCC1. The van der Waals surface area contributed by atoms with Crippen LogP contribution in [0.2, 0.25) is 0 Å². The summed E-state index contributed by atoms with van der Waals surface area (Å²) in [6.07, 6.45) is 11.1. The molecule has 3 aromatic rings. The molecular weight excluding hydrogens is 338 g/mol. The van der Waals surface area contributed by atoms with Gasteiger partial charge in [-0.3, -0.25) is 4.98 Å². The first kappa shape index (κ1) is 17.1. The lowest BCUT2D eigenvalue weighted by molar-refractivity contribution is 0.585. The number of pyridine rings is 1. The van der Waals surface area contributed by atoms with Gasteiger partial charge in [0.25, 0.3) is 0 Å². The average molecular weight is 359 g/mol. The van der Waals surface area contributed by atoms with Crippen molar-refractivity contribution in [1.82, 2.24) is 25.3 Å². The van der Waals surface area contributed by atoms with Crippen LogP contribution in [0.15, 0.2) is 36.8 Å². The average Bonchev–Trinajstić information content (AvgIpc) is 3.19. The fourth-order valence-electron chi connectivity index (χ4n) is 3.19. The lowest BCUT2D eigenvalue weighted by Gasteiger charge is -2.28. The van der Waals surface area contributed by atoms with E-state index < -0.39 is 0 Å². The molecule has 0 aliphatic carbocycles. The van der Waals surface area contributed by atoms with Crippen LogP contribution in [0.3, 0.4) is 0 Å². The number of rotatable bonds is 4. The van der Waals surface area contributed by atoms with E-state index in [0.29, 0.717) is 5.95 Å². The van der Waals surface area contributed by atoms with Gasteiger partial charge < -0.3 is 20.5 Å². The standard InChI is InChI=1S/C20H21N7/c1-3-14-10-18(26-19(14)27-8-6-22-7-9-27)15-4-5-23-17(11-15)16-12-24-20(21-2)25-13-16/h1,4-5,10-13,22,26H,6-9H2,2H3,(H,21,24,25). The number of anilines is 2. The maximum absolute atomic E-state index is 5.75. The van der Waals surface area contributed by atoms with E-state index in [9.17, 15) is 0 Å². The van der Waals surface area contributed by atoms with Crippen molar-refractivity contribution in [1.29, 1.82) is 0 Å². The van der Waals surface area contributed by atoms with Gasteiger partial charge in [0.1, 0.15) is 5.82 Å². The maximum Gasteiger partial charge on any atom is 0.222 e. The molecule has 3 aromatic heterocycles. The van der Waals surface area contributed by atoms with Gasteiger partial charge in [0.15, 0.2) is 0 Å². The number of piperazine rings is 1. The molecule has 4 rings (SSSR count). The fourth-order valence-corrected chi connectivity index (χ4v) is 3.19. The van der Waals surface area contributed by atoms with Crippen LogP contribution in [0, 0.1) is 12.3 Å². The zero-order valence-corrected chi connectivity index (χ0v) is 15.2. The zero-order chi connectivity index (χ0) is 18.6. The molecule has 0 spiro atoms. The summed E-state index contributed by atoms with van der Waals surface area (Å²) in [6.45, 7) is 3.79. The molecule has 136 valence electrons. The molecule has 0 atom stereocenters. The Kier molecular flexibility index (Phi) is 4.73. The zero-order valence-electron chi connectivity index (χ0n) is 15.2. The molecule has 0 aromatic carbocycles. The van der Waals surface area contributed by atoms with E-state index in [0.717, 1.165) is 60.1 Å². The number of hydrogen-bond donors (Lipinski definition) is 3. The van der Waals surface area contributed by atoms with Crippen molar-refractivity contribution < 1.29 is 0 Å². The summed E-state index contributed by atoms with van der Waals surface area (Å²) in [5.41, 5.74) is 4.56. The second kappa shape index (κ2) is 7.48. The predicted molar refractivity (Wildman–Crippen MR) is 108 cm³/mol. The van der Waals surface area contributed by atoms with Crippen molar-refractivity contribution in [3.63, 3.8) is 0 Å². The molecule has 27 heavy (non-hydrogen) atoms. The van der Waals surface area contributed by atoms with Crippen molar-refractivity contribution >= 4 is 11.8 Å². The second-order valence-electron chi connectivity index (χ2n) is 6.30. The highest BCUT2D eigenvalue weighted by Crippen LogP contribution is 2.29. The van der Waals surface area contributed by atoms with Gasteiger partial charge in [-0.15, -0.1) is 6.42 Å². The van der Waals surface area contributed by atoms with Gasteiger partial charge in [0.05, 0.1) is 11.3 Å². The highest BCUT2D eigenvalue weighted by atomic mass is 15.2. The molecule has 4 heterocycles. The van der Waals surface area contributed by atoms with Crippen molar-refractivity contribution in [2.45, 2.75) is 0 Å². The van der Waals surface area contributed by atoms with Crippen LogP contribution in [0.5, 0.6) is 0 Å². The molecule has 7 nitrogen and oxygen atoms in total. The largest absolute Gasteiger partial charge is 0.357 e. The Morgan fingerprint density at radius 2 is 1.89 bits per heavy atom. The first-order valence-electron chi connectivity index (χ1n) is 8.90. The Labute approximate surface area is 158 Å². The molecule has 1 aliphatic heterocycles. The van der Waals surface area contributed by atoms with Crippen molar-refractivity contribution in [3.8, 4) is 34.9 Å². The summed E-state index contributed by atoms with van der Waals surface area (Å²) >= 11 is 0. The van der Waals surface area contributed by atoms with Crippen LogP contribution in [0.4, 0.5) is 11.8 Å². The van der Waals surface area contributed by atoms with Crippen LogP contribution in [0.1, 0.15) is 5.56 Å². The first-order chi connectivity index (χ1) is 13.3. The predicted octanol–water partition coefficient (Wildman–Crippen LogP) is 1.97. The summed E-state index contributed by atoms with van der Waals surface area (Å²) < 4.78 is 0. The van der Waals surface area contributed by atoms with Gasteiger partial charge in [0, 0.05) is 68.6 Å². The number of H-pyrrole nitrogens is 1. The summed E-state index contributed by atoms with van der Waals surface area (Å²) in [5.74, 6) is 4.40. The third-order valence-electron chi connectivity index (χ3n) is 4.63. The molecular formula is C20H21N7. The molecule has 0 bridgehead atoms. The summed E-state index contributed by atoms with van der Waals surface area (Å²) in [5, 5.41) is 6.28. The number of hydrogen-bond acceptors (Lipinski definition) is 6. The molecule has 0 radical (unpaired) electrons. The molecule has 3 N–H and O–H groups in total. The minimum atomic E-state index is 0.582. The van der Waals surface area contributed by atoms with Crippen LogP contribution < -0.4 is 15.5 Å². The molecule has 1 saturated heterocycles. The molecule has 7 heteroatoms. The van der Waals surface area contributed by atoms with Crippen LogP contribution >= 0.6 is 0 Å². The van der Waals surface area contributed by atoms with Gasteiger partial charge in [-0.25, -0.2) is 9.97 Å². The molecule has 0 saturated carbocycles. The van der Waals surface area contributed by atoms with Gasteiger partial charge in [-0.2, -0.15) is 0 Å². The number of nitrogens with one attached hydrogen (secondary N) is 3. The Hall–Kier alpha value is -3.37. The molecule has 0 amide bonds. The third kappa shape index (κ3) is 3.48. The number of terminal acetylenes is 1. The smallest absolute Gasteiger partial charge is 0.222 e. The fraction of sp³-hybridized carbons (Fsp3) is 0.250. The van der Waals surface area contributed by atoms with E-state index in [1.165, 1.54) is 0 Å². The van der Waals surface area contributed by atoms with Crippen molar-refractivity contribution in [2.24, 2.45) is 0 Å². The quantitative estimate of drug-likeness (QED) is 0.618. The van der Waals surface area contributed by atoms with E-state index in [4.69, 9.17) is 6.42 Å².